The monoisotopic (exact) mass is 138 g/mol. The predicted molar refractivity (Wildman–Crippen MR) is 39.6 cm³/mol. The molecule has 1 nitrogen and oxygen atoms in total. The van der Waals surface area contributed by atoms with Gasteiger partial charge in [-0.2, -0.15) is 0 Å². The summed E-state index contributed by atoms with van der Waals surface area (Å²) in [4.78, 5) is 0. The van der Waals surface area contributed by atoms with Gasteiger partial charge in [-0.1, -0.05) is 0 Å². The minimum atomic E-state index is 0.870. The average Bonchev–Trinajstić information content (AvgIpc) is 2.78. The van der Waals surface area contributed by atoms with Gasteiger partial charge in [-0.3, -0.25) is 0 Å². The molecule has 3 rings (SSSR count). The Labute approximate surface area is 62.2 Å². The summed E-state index contributed by atoms with van der Waals surface area (Å²) < 4.78 is 0. The lowest BCUT2D eigenvalue weighted by atomic mass is 9.86. The second-order valence-corrected chi connectivity index (χ2v) is 4.87. The van der Waals surface area contributed by atoms with E-state index in [4.69, 9.17) is 0 Å². The molecule has 0 bridgehead atoms. The molecule has 0 aromatic carbocycles. The third-order valence-corrected chi connectivity index (χ3v) is 3.82. The van der Waals surface area contributed by atoms with Crippen molar-refractivity contribution in [3.63, 3.8) is 0 Å². The SMILES string of the molecule is C1CC12C[NH2+]CC1(CC1)C2. The smallest absolute Gasteiger partial charge is 0.0812 e. The van der Waals surface area contributed by atoms with E-state index in [0.29, 0.717) is 0 Å². The van der Waals surface area contributed by atoms with Gasteiger partial charge in [-0.25, -0.2) is 0 Å². The van der Waals surface area contributed by atoms with Crippen LogP contribution < -0.4 is 5.32 Å². The molecule has 1 heteroatoms. The maximum atomic E-state index is 2.57. The molecule has 0 aromatic rings. The highest BCUT2D eigenvalue weighted by Gasteiger charge is 2.58. The lowest BCUT2D eigenvalue weighted by molar-refractivity contribution is -0.681. The molecule has 0 aromatic heterocycles. The van der Waals surface area contributed by atoms with Crippen LogP contribution in [0.15, 0.2) is 0 Å². The molecular formula is C9H16N+. The molecular weight excluding hydrogens is 122 g/mol. The minimum absolute atomic E-state index is 0.870. The van der Waals surface area contributed by atoms with Crippen LogP contribution in [0.2, 0.25) is 0 Å². The fourth-order valence-electron chi connectivity index (χ4n) is 2.74. The summed E-state index contributed by atoms with van der Waals surface area (Å²) in [7, 11) is 0. The largest absolute Gasteiger partial charge is 0.345 e. The van der Waals surface area contributed by atoms with Gasteiger partial charge in [0.1, 0.15) is 0 Å². The van der Waals surface area contributed by atoms with Crippen molar-refractivity contribution in [2.24, 2.45) is 10.8 Å². The zero-order valence-corrected chi connectivity index (χ0v) is 6.53. The zero-order valence-electron chi connectivity index (χ0n) is 6.53. The van der Waals surface area contributed by atoms with Crippen LogP contribution in [0.1, 0.15) is 32.1 Å². The van der Waals surface area contributed by atoms with Crippen molar-refractivity contribution in [1.29, 1.82) is 0 Å². The van der Waals surface area contributed by atoms with Gasteiger partial charge in [0.25, 0.3) is 0 Å². The van der Waals surface area contributed by atoms with E-state index in [1.54, 1.807) is 32.1 Å². The molecule has 0 atom stereocenters. The quantitative estimate of drug-likeness (QED) is 0.502. The normalized spacial score (nSPS) is 38.4. The topological polar surface area (TPSA) is 16.6 Å². The molecule has 1 saturated heterocycles. The molecule has 3 aliphatic rings. The first-order chi connectivity index (χ1) is 4.83. The van der Waals surface area contributed by atoms with Crippen molar-refractivity contribution in [2.75, 3.05) is 13.1 Å². The molecule has 56 valence electrons. The summed E-state index contributed by atoms with van der Waals surface area (Å²) in [5.74, 6) is 0. The van der Waals surface area contributed by atoms with E-state index in [-0.39, 0.29) is 0 Å². The van der Waals surface area contributed by atoms with Crippen LogP contribution in [0.4, 0.5) is 0 Å². The first-order valence-corrected chi connectivity index (χ1v) is 4.64. The summed E-state index contributed by atoms with van der Waals surface area (Å²) in [6.07, 6.45) is 7.78. The van der Waals surface area contributed by atoms with Gasteiger partial charge >= 0.3 is 0 Å². The van der Waals surface area contributed by atoms with Crippen LogP contribution in [0.25, 0.3) is 0 Å². The fraction of sp³-hybridized carbons (Fsp3) is 1.00. The van der Waals surface area contributed by atoms with Crippen LogP contribution in [0.5, 0.6) is 0 Å². The van der Waals surface area contributed by atoms with Crippen molar-refractivity contribution < 1.29 is 5.32 Å². The van der Waals surface area contributed by atoms with Crippen LogP contribution in [0.3, 0.4) is 0 Å². The van der Waals surface area contributed by atoms with Crippen LogP contribution in [-0.2, 0) is 0 Å². The summed E-state index contributed by atoms with van der Waals surface area (Å²) in [5, 5.41) is 2.57. The molecule has 0 amide bonds. The Bertz CT molecular complexity index is 148. The molecule has 2 spiro atoms. The minimum Gasteiger partial charge on any atom is -0.345 e. The Morgan fingerprint density at radius 1 is 0.800 bits per heavy atom. The Morgan fingerprint density at radius 3 is 1.70 bits per heavy atom. The van der Waals surface area contributed by atoms with Crippen LogP contribution in [0, 0.1) is 10.8 Å². The molecule has 10 heavy (non-hydrogen) atoms. The highest BCUT2D eigenvalue weighted by atomic mass is 15.0. The van der Waals surface area contributed by atoms with E-state index in [2.05, 4.69) is 5.32 Å². The van der Waals surface area contributed by atoms with Gasteiger partial charge in [0.15, 0.2) is 0 Å². The Hall–Kier alpha value is -0.0400. The van der Waals surface area contributed by atoms with E-state index in [0.717, 1.165) is 10.8 Å². The molecule has 0 unspecified atom stereocenters. The predicted octanol–water partition coefficient (Wildman–Crippen LogP) is 0.514. The lowest BCUT2D eigenvalue weighted by Gasteiger charge is -2.26. The third-order valence-electron chi connectivity index (χ3n) is 3.82. The maximum absolute atomic E-state index is 2.57. The van der Waals surface area contributed by atoms with E-state index in [1.165, 1.54) is 13.1 Å². The number of hydrogen-bond acceptors (Lipinski definition) is 0. The highest BCUT2D eigenvalue weighted by Crippen LogP contribution is 2.61. The van der Waals surface area contributed by atoms with Crippen molar-refractivity contribution >= 4 is 0 Å². The van der Waals surface area contributed by atoms with Crippen molar-refractivity contribution in [1.82, 2.24) is 0 Å². The van der Waals surface area contributed by atoms with Crippen molar-refractivity contribution in [3.8, 4) is 0 Å². The molecule has 2 N–H and O–H groups in total. The summed E-state index contributed by atoms with van der Waals surface area (Å²) in [6, 6.07) is 0. The molecule has 1 aliphatic heterocycles. The number of hydrogen-bond donors (Lipinski definition) is 1. The first-order valence-electron chi connectivity index (χ1n) is 4.64. The Morgan fingerprint density at radius 2 is 1.30 bits per heavy atom. The van der Waals surface area contributed by atoms with Crippen LogP contribution in [-0.4, -0.2) is 13.1 Å². The molecule has 2 saturated carbocycles. The molecule has 1 heterocycles. The summed E-state index contributed by atoms with van der Waals surface area (Å²) in [6.45, 7) is 2.91. The summed E-state index contributed by atoms with van der Waals surface area (Å²) >= 11 is 0. The second kappa shape index (κ2) is 1.42. The van der Waals surface area contributed by atoms with Gasteiger partial charge in [0, 0.05) is 10.8 Å². The van der Waals surface area contributed by atoms with E-state index >= 15 is 0 Å². The Kier molecular flexibility index (Phi) is 0.797. The van der Waals surface area contributed by atoms with Gasteiger partial charge in [0.05, 0.1) is 13.1 Å². The van der Waals surface area contributed by atoms with Crippen molar-refractivity contribution in [2.45, 2.75) is 32.1 Å². The molecule has 0 radical (unpaired) electrons. The van der Waals surface area contributed by atoms with E-state index in [1.807, 2.05) is 0 Å². The molecule has 2 aliphatic carbocycles. The van der Waals surface area contributed by atoms with Gasteiger partial charge in [0.2, 0.25) is 0 Å². The average molecular weight is 138 g/mol. The van der Waals surface area contributed by atoms with Gasteiger partial charge in [-0.05, 0) is 32.1 Å². The zero-order chi connectivity index (χ0) is 6.66. The van der Waals surface area contributed by atoms with Crippen molar-refractivity contribution in [3.05, 3.63) is 0 Å². The summed E-state index contributed by atoms with van der Waals surface area (Å²) in [5.41, 5.74) is 1.74. The number of piperidine rings is 1. The lowest BCUT2D eigenvalue weighted by Crippen LogP contribution is -2.89. The highest BCUT2D eigenvalue weighted by molar-refractivity contribution is 5.05. The van der Waals surface area contributed by atoms with Gasteiger partial charge < -0.3 is 5.32 Å². The Balaban J connectivity index is 1.80. The van der Waals surface area contributed by atoms with Crippen LogP contribution >= 0.6 is 0 Å². The third kappa shape index (κ3) is 0.672. The number of nitrogens with two attached hydrogens (primary N) is 1. The second-order valence-electron chi connectivity index (χ2n) is 4.87. The number of quaternary nitrogens is 1. The first kappa shape index (κ1) is 5.59. The molecule has 3 fully saturated rings. The fourth-order valence-corrected chi connectivity index (χ4v) is 2.74. The maximum Gasteiger partial charge on any atom is 0.0812 e. The van der Waals surface area contributed by atoms with E-state index < -0.39 is 0 Å². The number of rotatable bonds is 0. The van der Waals surface area contributed by atoms with E-state index in [9.17, 15) is 0 Å². The van der Waals surface area contributed by atoms with Gasteiger partial charge in [-0.15, -0.1) is 0 Å². The standard InChI is InChI=1S/C9H15N/c1-2-8(1)5-9(3-4-9)7-10-6-8/h10H,1-7H2/p+1.